The molecular weight excluding hydrogens is 390 g/mol. The van der Waals surface area contributed by atoms with Crippen molar-refractivity contribution in [3.63, 3.8) is 0 Å². The number of nitro groups is 1. The molecule has 1 fully saturated rings. The summed E-state index contributed by atoms with van der Waals surface area (Å²) in [6.45, 7) is 1.21. The lowest BCUT2D eigenvalue weighted by atomic mass is 10.1. The Morgan fingerprint density at radius 1 is 1.15 bits per heavy atom. The standard InChI is InChI=1S/C18H19NO6S2/c1-27(22,23)16-5-3-15(4-6-16)26-18-7-2-13(19(20)21)12-17(18)25-14-8-10-24-11-9-14/h2-7,12,14H,8-11H2,1H3. The monoisotopic (exact) mass is 409 g/mol. The van der Waals surface area contributed by atoms with Gasteiger partial charge in [0, 0.05) is 30.1 Å². The number of sulfone groups is 1. The molecule has 0 unspecified atom stereocenters. The highest BCUT2D eigenvalue weighted by atomic mass is 32.2. The Morgan fingerprint density at radius 3 is 2.41 bits per heavy atom. The first-order valence-corrected chi connectivity index (χ1v) is 11.0. The van der Waals surface area contributed by atoms with Crippen molar-refractivity contribution < 1.29 is 22.8 Å². The van der Waals surface area contributed by atoms with Gasteiger partial charge in [0.25, 0.3) is 5.69 Å². The quantitative estimate of drug-likeness (QED) is 0.530. The second kappa shape index (κ2) is 8.28. The summed E-state index contributed by atoms with van der Waals surface area (Å²) in [7, 11) is -3.26. The second-order valence-corrected chi connectivity index (χ2v) is 9.29. The van der Waals surface area contributed by atoms with Crippen LogP contribution in [-0.4, -0.2) is 38.9 Å². The summed E-state index contributed by atoms with van der Waals surface area (Å²) in [6.07, 6.45) is 2.57. The molecule has 2 aromatic carbocycles. The van der Waals surface area contributed by atoms with E-state index in [1.807, 2.05) is 0 Å². The van der Waals surface area contributed by atoms with Gasteiger partial charge in [-0.25, -0.2) is 8.42 Å². The molecule has 1 aliphatic heterocycles. The number of hydrogen-bond donors (Lipinski definition) is 0. The van der Waals surface area contributed by atoms with E-state index in [1.165, 1.54) is 23.9 Å². The van der Waals surface area contributed by atoms with Gasteiger partial charge >= 0.3 is 0 Å². The lowest BCUT2D eigenvalue weighted by Crippen LogP contribution is -2.26. The molecule has 9 heteroatoms. The molecule has 0 spiro atoms. The highest BCUT2D eigenvalue weighted by molar-refractivity contribution is 7.99. The molecule has 1 aliphatic rings. The average Bonchev–Trinajstić information content (AvgIpc) is 2.63. The van der Waals surface area contributed by atoms with E-state index in [4.69, 9.17) is 9.47 Å². The Kier molecular flexibility index (Phi) is 6.03. The highest BCUT2D eigenvalue weighted by Crippen LogP contribution is 2.38. The normalized spacial score (nSPS) is 15.4. The van der Waals surface area contributed by atoms with Crippen LogP contribution in [0.4, 0.5) is 5.69 Å². The van der Waals surface area contributed by atoms with E-state index in [0.717, 1.165) is 28.9 Å². The zero-order valence-corrected chi connectivity index (χ0v) is 16.3. The smallest absolute Gasteiger partial charge is 0.273 e. The molecule has 0 radical (unpaired) electrons. The van der Waals surface area contributed by atoms with E-state index in [9.17, 15) is 18.5 Å². The zero-order chi connectivity index (χ0) is 19.4. The molecule has 1 saturated heterocycles. The Labute approximate surface area is 161 Å². The van der Waals surface area contributed by atoms with Crippen LogP contribution in [-0.2, 0) is 14.6 Å². The SMILES string of the molecule is CS(=O)(=O)c1ccc(Sc2ccc([N+](=O)[O-])cc2OC2CCOCC2)cc1. The fraction of sp³-hybridized carbons (Fsp3) is 0.333. The summed E-state index contributed by atoms with van der Waals surface area (Å²) in [4.78, 5) is 12.5. The van der Waals surface area contributed by atoms with Gasteiger partial charge in [0.05, 0.1) is 34.0 Å². The van der Waals surface area contributed by atoms with Crippen LogP contribution in [0.5, 0.6) is 5.75 Å². The van der Waals surface area contributed by atoms with Crippen LogP contribution in [0.15, 0.2) is 57.2 Å². The van der Waals surface area contributed by atoms with Crippen LogP contribution in [0.25, 0.3) is 0 Å². The predicted octanol–water partition coefficient (Wildman–Crippen LogP) is 3.71. The van der Waals surface area contributed by atoms with Crippen molar-refractivity contribution in [2.45, 2.75) is 33.6 Å². The lowest BCUT2D eigenvalue weighted by molar-refractivity contribution is -0.385. The van der Waals surface area contributed by atoms with Crippen molar-refractivity contribution in [1.29, 1.82) is 0 Å². The summed E-state index contributed by atoms with van der Waals surface area (Å²) in [6, 6.07) is 11.0. The predicted molar refractivity (Wildman–Crippen MR) is 101 cm³/mol. The number of benzene rings is 2. The van der Waals surface area contributed by atoms with Gasteiger partial charge in [-0.1, -0.05) is 11.8 Å². The maximum atomic E-state index is 11.6. The summed E-state index contributed by atoms with van der Waals surface area (Å²) >= 11 is 1.37. The van der Waals surface area contributed by atoms with Gasteiger partial charge in [0.2, 0.25) is 0 Å². The number of ether oxygens (including phenoxy) is 2. The van der Waals surface area contributed by atoms with Crippen LogP contribution in [0.3, 0.4) is 0 Å². The largest absolute Gasteiger partial charge is 0.489 e. The van der Waals surface area contributed by atoms with E-state index < -0.39 is 14.8 Å². The van der Waals surface area contributed by atoms with Crippen molar-refractivity contribution in [2.75, 3.05) is 19.5 Å². The molecule has 1 heterocycles. The van der Waals surface area contributed by atoms with Gasteiger partial charge in [-0.2, -0.15) is 0 Å². The minimum absolute atomic E-state index is 0.0335. The molecule has 0 aliphatic carbocycles. The van der Waals surface area contributed by atoms with Gasteiger partial charge in [0.15, 0.2) is 9.84 Å². The number of nitrogens with zero attached hydrogens (tertiary/aromatic N) is 1. The first-order valence-electron chi connectivity index (χ1n) is 8.34. The molecule has 2 aromatic rings. The molecule has 0 aromatic heterocycles. The maximum Gasteiger partial charge on any atom is 0.273 e. The number of nitro benzene ring substituents is 1. The molecule has 0 bridgehead atoms. The molecule has 7 nitrogen and oxygen atoms in total. The second-order valence-electron chi connectivity index (χ2n) is 6.16. The Bertz CT molecular complexity index is 921. The molecule has 0 saturated carbocycles. The van der Waals surface area contributed by atoms with Gasteiger partial charge < -0.3 is 9.47 Å². The number of rotatable bonds is 6. The molecule has 0 N–H and O–H groups in total. The third-order valence-electron chi connectivity index (χ3n) is 4.08. The summed E-state index contributed by atoms with van der Waals surface area (Å²) < 4.78 is 34.5. The molecule has 3 rings (SSSR count). The highest BCUT2D eigenvalue weighted by Gasteiger charge is 2.20. The Morgan fingerprint density at radius 2 is 1.81 bits per heavy atom. The van der Waals surface area contributed by atoms with Crippen LogP contribution in [0.1, 0.15) is 12.8 Å². The lowest BCUT2D eigenvalue weighted by Gasteiger charge is -2.24. The topological polar surface area (TPSA) is 95.7 Å². The van der Waals surface area contributed by atoms with Crippen LogP contribution >= 0.6 is 11.8 Å². The number of non-ortho nitro benzene ring substituents is 1. The van der Waals surface area contributed by atoms with E-state index in [1.54, 1.807) is 30.3 Å². The first kappa shape index (κ1) is 19.7. The average molecular weight is 409 g/mol. The van der Waals surface area contributed by atoms with E-state index in [-0.39, 0.29) is 16.7 Å². The Hall–Kier alpha value is -2.10. The first-order chi connectivity index (χ1) is 12.8. The van der Waals surface area contributed by atoms with Crippen molar-refractivity contribution in [2.24, 2.45) is 0 Å². The fourth-order valence-corrected chi connectivity index (χ4v) is 4.14. The zero-order valence-electron chi connectivity index (χ0n) is 14.7. The summed E-state index contributed by atoms with van der Waals surface area (Å²) in [5.41, 5.74) is -0.0335. The van der Waals surface area contributed by atoms with Gasteiger partial charge in [-0.3, -0.25) is 10.1 Å². The third-order valence-corrected chi connectivity index (χ3v) is 6.27. The third kappa shape index (κ3) is 5.21. The maximum absolute atomic E-state index is 11.6. The van der Waals surface area contributed by atoms with E-state index in [2.05, 4.69) is 0 Å². The molecule has 144 valence electrons. The van der Waals surface area contributed by atoms with Gasteiger partial charge in [0.1, 0.15) is 11.9 Å². The minimum Gasteiger partial charge on any atom is -0.489 e. The van der Waals surface area contributed by atoms with Crippen molar-refractivity contribution in [1.82, 2.24) is 0 Å². The van der Waals surface area contributed by atoms with Crippen LogP contribution in [0, 0.1) is 10.1 Å². The van der Waals surface area contributed by atoms with E-state index >= 15 is 0 Å². The number of hydrogen-bond acceptors (Lipinski definition) is 7. The molecule has 0 amide bonds. The van der Waals surface area contributed by atoms with E-state index in [0.29, 0.717) is 19.0 Å². The molecule has 27 heavy (non-hydrogen) atoms. The summed E-state index contributed by atoms with van der Waals surface area (Å²) in [5, 5.41) is 11.1. The van der Waals surface area contributed by atoms with Crippen molar-refractivity contribution >= 4 is 27.3 Å². The Balaban J connectivity index is 1.85. The molecule has 0 atom stereocenters. The summed E-state index contributed by atoms with van der Waals surface area (Å²) in [5.74, 6) is 0.452. The van der Waals surface area contributed by atoms with Gasteiger partial charge in [-0.05, 0) is 30.3 Å². The molecular formula is C18H19NO6S2. The minimum atomic E-state index is -3.26. The van der Waals surface area contributed by atoms with Crippen LogP contribution < -0.4 is 4.74 Å². The fourth-order valence-electron chi connectivity index (χ4n) is 2.64. The van der Waals surface area contributed by atoms with Crippen LogP contribution in [0.2, 0.25) is 0 Å². The van der Waals surface area contributed by atoms with Crippen molar-refractivity contribution in [3.8, 4) is 5.75 Å². The van der Waals surface area contributed by atoms with Crippen molar-refractivity contribution in [3.05, 3.63) is 52.6 Å². The van der Waals surface area contributed by atoms with Gasteiger partial charge in [-0.15, -0.1) is 0 Å².